The van der Waals surface area contributed by atoms with E-state index in [0.29, 0.717) is 0 Å². The number of benzene rings is 1. The molecule has 2 rings (SSSR count). The molecule has 1 heterocycles. The van der Waals surface area contributed by atoms with Crippen molar-refractivity contribution in [2.24, 2.45) is 7.05 Å². The Morgan fingerprint density at radius 1 is 0.833 bits per heavy atom. The van der Waals surface area contributed by atoms with Gasteiger partial charge in [-0.1, -0.05) is 20.8 Å². The summed E-state index contributed by atoms with van der Waals surface area (Å²) in [5.41, 5.74) is 7.98. The molecule has 0 bridgehead atoms. The molecule has 2 nitrogen and oxygen atoms in total. The van der Waals surface area contributed by atoms with Crippen LogP contribution >= 0.6 is 0 Å². The van der Waals surface area contributed by atoms with Gasteiger partial charge >= 0.3 is 0 Å². The molecule has 98 valence electrons. The molecule has 2 heteroatoms. The molecule has 0 saturated carbocycles. The van der Waals surface area contributed by atoms with Crippen LogP contribution in [0, 0.1) is 27.7 Å². The van der Waals surface area contributed by atoms with Crippen molar-refractivity contribution in [3.63, 3.8) is 0 Å². The summed E-state index contributed by atoms with van der Waals surface area (Å²) in [4.78, 5) is 4.91. The average Bonchev–Trinajstić information content (AvgIpc) is 2.61. The smallest absolute Gasteiger partial charge is 0.115 e. The Hall–Kier alpha value is -1.31. The molecule has 1 aromatic carbocycles. The number of hydrogen-bond donors (Lipinski definition) is 0. The van der Waals surface area contributed by atoms with Gasteiger partial charge in [-0.15, -0.1) is 0 Å². The Morgan fingerprint density at radius 3 is 1.83 bits per heavy atom. The van der Waals surface area contributed by atoms with E-state index in [1.807, 2.05) is 0 Å². The maximum absolute atomic E-state index is 4.91. The minimum absolute atomic E-state index is 0.0778. The molecule has 1 aromatic heterocycles. The largest absolute Gasteiger partial charge is 0.330 e. The predicted molar refractivity (Wildman–Crippen MR) is 78.4 cm³/mol. The van der Waals surface area contributed by atoms with E-state index in [9.17, 15) is 0 Å². The van der Waals surface area contributed by atoms with Crippen LogP contribution in [0.2, 0.25) is 0 Å². The number of hydrogen-bond acceptors (Lipinski definition) is 1. The first-order chi connectivity index (χ1) is 8.16. The standard InChI is InChI=1S/C16H24N2/c1-9-10(2)12(4)14-13(11(9)3)17-15(18(14)8)16(5,6)7/h1-8H3. The highest BCUT2D eigenvalue weighted by molar-refractivity contribution is 5.85. The number of fused-ring (bicyclic) bond motifs is 1. The van der Waals surface area contributed by atoms with E-state index in [0.717, 1.165) is 5.82 Å². The molecule has 0 spiro atoms. The monoisotopic (exact) mass is 244 g/mol. The maximum atomic E-state index is 4.91. The van der Waals surface area contributed by atoms with Crippen LogP contribution < -0.4 is 0 Å². The zero-order chi connectivity index (χ0) is 13.8. The highest BCUT2D eigenvalue weighted by Crippen LogP contribution is 2.32. The van der Waals surface area contributed by atoms with Gasteiger partial charge in [0.2, 0.25) is 0 Å². The lowest BCUT2D eigenvalue weighted by Gasteiger charge is -2.18. The fourth-order valence-corrected chi connectivity index (χ4v) is 2.78. The molecular weight excluding hydrogens is 220 g/mol. The molecule has 0 N–H and O–H groups in total. The minimum Gasteiger partial charge on any atom is -0.330 e. The van der Waals surface area contributed by atoms with Crippen LogP contribution in [-0.2, 0) is 12.5 Å². The van der Waals surface area contributed by atoms with Gasteiger partial charge in [-0.25, -0.2) is 4.98 Å². The van der Waals surface area contributed by atoms with Crippen molar-refractivity contribution >= 4 is 11.0 Å². The lowest BCUT2D eigenvalue weighted by atomic mass is 9.96. The van der Waals surface area contributed by atoms with E-state index < -0.39 is 0 Å². The van der Waals surface area contributed by atoms with Crippen molar-refractivity contribution in [3.8, 4) is 0 Å². The Balaban J connectivity index is 2.98. The van der Waals surface area contributed by atoms with Crippen molar-refractivity contribution in [2.45, 2.75) is 53.9 Å². The van der Waals surface area contributed by atoms with E-state index >= 15 is 0 Å². The topological polar surface area (TPSA) is 17.8 Å². The lowest BCUT2D eigenvalue weighted by molar-refractivity contribution is 0.526. The predicted octanol–water partition coefficient (Wildman–Crippen LogP) is 4.10. The van der Waals surface area contributed by atoms with E-state index in [4.69, 9.17) is 4.98 Å². The van der Waals surface area contributed by atoms with Gasteiger partial charge in [0.1, 0.15) is 5.82 Å². The first-order valence-corrected chi connectivity index (χ1v) is 6.59. The summed E-state index contributed by atoms with van der Waals surface area (Å²) < 4.78 is 2.27. The summed E-state index contributed by atoms with van der Waals surface area (Å²) in [6.45, 7) is 15.5. The second-order valence-electron chi connectivity index (χ2n) is 6.44. The van der Waals surface area contributed by atoms with E-state index in [1.54, 1.807) is 0 Å². The SMILES string of the molecule is Cc1c(C)c(C)c2c(nc(C(C)(C)C)n2C)c1C. The zero-order valence-electron chi connectivity index (χ0n) is 12.9. The summed E-state index contributed by atoms with van der Waals surface area (Å²) in [6.07, 6.45) is 0. The van der Waals surface area contributed by atoms with Gasteiger partial charge in [-0.3, -0.25) is 0 Å². The van der Waals surface area contributed by atoms with Crippen molar-refractivity contribution in [1.29, 1.82) is 0 Å². The number of aromatic nitrogens is 2. The van der Waals surface area contributed by atoms with Crippen LogP contribution in [0.3, 0.4) is 0 Å². The molecule has 0 saturated heterocycles. The molecular formula is C16H24N2. The Morgan fingerprint density at radius 2 is 1.33 bits per heavy atom. The Bertz CT molecular complexity index is 625. The minimum atomic E-state index is 0.0778. The number of imidazole rings is 1. The average molecular weight is 244 g/mol. The highest BCUT2D eigenvalue weighted by atomic mass is 15.1. The lowest BCUT2D eigenvalue weighted by Crippen LogP contribution is -2.17. The van der Waals surface area contributed by atoms with Crippen LogP contribution in [0.4, 0.5) is 0 Å². The maximum Gasteiger partial charge on any atom is 0.115 e. The molecule has 0 unspecified atom stereocenters. The number of nitrogens with zero attached hydrogens (tertiary/aromatic N) is 2. The van der Waals surface area contributed by atoms with Gasteiger partial charge in [-0.05, 0) is 49.9 Å². The second kappa shape index (κ2) is 3.84. The summed E-state index contributed by atoms with van der Waals surface area (Å²) in [5, 5.41) is 0. The van der Waals surface area contributed by atoms with Gasteiger partial charge in [-0.2, -0.15) is 0 Å². The first kappa shape index (κ1) is 13.1. The summed E-state index contributed by atoms with van der Waals surface area (Å²) in [6, 6.07) is 0. The van der Waals surface area contributed by atoms with E-state index in [2.05, 4.69) is 60.1 Å². The van der Waals surface area contributed by atoms with Crippen molar-refractivity contribution in [3.05, 3.63) is 28.1 Å². The zero-order valence-corrected chi connectivity index (χ0v) is 12.9. The van der Waals surface area contributed by atoms with Crippen molar-refractivity contribution in [1.82, 2.24) is 9.55 Å². The summed E-state index contributed by atoms with van der Waals surface area (Å²) >= 11 is 0. The Kier molecular flexibility index (Phi) is 2.80. The third kappa shape index (κ3) is 1.66. The highest BCUT2D eigenvalue weighted by Gasteiger charge is 2.23. The quantitative estimate of drug-likeness (QED) is 0.682. The van der Waals surface area contributed by atoms with Gasteiger partial charge in [0.25, 0.3) is 0 Å². The van der Waals surface area contributed by atoms with E-state index in [1.165, 1.54) is 33.3 Å². The molecule has 0 amide bonds. The third-order valence-corrected chi connectivity index (χ3v) is 4.16. The second-order valence-corrected chi connectivity index (χ2v) is 6.44. The summed E-state index contributed by atoms with van der Waals surface area (Å²) in [5.74, 6) is 1.16. The van der Waals surface area contributed by atoms with E-state index in [-0.39, 0.29) is 5.41 Å². The molecule has 0 radical (unpaired) electrons. The van der Waals surface area contributed by atoms with Gasteiger partial charge in [0, 0.05) is 12.5 Å². The number of rotatable bonds is 0. The molecule has 0 atom stereocenters. The van der Waals surface area contributed by atoms with Crippen LogP contribution in [0.25, 0.3) is 11.0 Å². The molecule has 0 aliphatic carbocycles. The van der Waals surface area contributed by atoms with Crippen molar-refractivity contribution in [2.75, 3.05) is 0 Å². The van der Waals surface area contributed by atoms with Crippen LogP contribution in [0.1, 0.15) is 48.8 Å². The number of aryl methyl sites for hydroxylation is 3. The van der Waals surface area contributed by atoms with Crippen molar-refractivity contribution < 1.29 is 0 Å². The van der Waals surface area contributed by atoms with Gasteiger partial charge in [0.15, 0.2) is 0 Å². The molecule has 18 heavy (non-hydrogen) atoms. The van der Waals surface area contributed by atoms with Gasteiger partial charge in [0.05, 0.1) is 11.0 Å². The molecule has 2 aromatic rings. The summed E-state index contributed by atoms with van der Waals surface area (Å²) in [7, 11) is 2.14. The molecule has 0 aliphatic heterocycles. The van der Waals surface area contributed by atoms with Crippen LogP contribution in [0.15, 0.2) is 0 Å². The fourth-order valence-electron chi connectivity index (χ4n) is 2.78. The fraction of sp³-hybridized carbons (Fsp3) is 0.562. The molecule has 0 fully saturated rings. The first-order valence-electron chi connectivity index (χ1n) is 6.59. The third-order valence-electron chi connectivity index (χ3n) is 4.16. The molecule has 0 aliphatic rings. The Labute approximate surface area is 110 Å². The van der Waals surface area contributed by atoms with Gasteiger partial charge < -0.3 is 4.57 Å². The van der Waals surface area contributed by atoms with Crippen LogP contribution in [0.5, 0.6) is 0 Å². The normalized spacial score (nSPS) is 12.4. The van der Waals surface area contributed by atoms with Crippen LogP contribution in [-0.4, -0.2) is 9.55 Å².